The van der Waals surface area contributed by atoms with Crippen molar-refractivity contribution in [2.45, 2.75) is 25.5 Å². The second kappa shape index (κ2) is 4.07. The van der Waals surface area contributed by atoms with E-state index < -0.39 is 5.60 Å². The number of aliphatic hydroxyl groups is 1. The van der Waals surface area contributed by atoms with Crippen LogP contribution < -0.4 is 0 Å². The van der Waals surface area contributed by atoms with Crippen LogP contribution in [0.1, 0.15) is 19.0 Å². The van der Waals surface area contributed by atoms with E-state index in [9.17, 15) is 5.11 Å². The van der Waals surface area contributed by atoms with E-state index >= 15 is 0 Å². The van der Waals surface area contributed by atoms with Crippen LogP contribution in [0.4, 0.5) is 0 Å². The highest BCUT2D eigenvalue weighted by Gasteiger charge is 2.31. The van der Waals surface area contributed by atoms with Crippen LogP contribution >= 0.6 is 0 Å². The lowest BCUT2D eigenvalue weighted by atomic mass is 10.1. The molecule has 1 N–H and O–H groups in total. The van der Waals surface area contributed by atoms with Crippen molar-refractivity contribution in [2.75, 3.05) is 13.1 Å². The molecule has 2 heterocycles. The number of para-hydroxylation sites is 1. The van der Waals surface area contributed by atoms with Crippen LogP contribution in [0.15, 0.2) is 24.3 Å². The first-order valence-electron chi connectivity index (χ1n) is 6.40. The van der Waals surface area contributed by atoms with Gasteiger partial charge in [-0.05, 0) is 19.4 Å². The molecule has 1 atom stereocenters. The number of β-amino-alcohol motifs (C(OH)–C–C–N with tert-alkyl or cyclic N) is 1. The molecule has 0 bridgehead atoms. The lowest BCUT2D eigenvalue weighted by Crippen LogP contribution is -2.29. The van der Waals surface area contributed by atoms with Crippen molar-refractivity contribution < 1.29 is 5.11 Å². The highest BCUT2D eigenvalue weighted by atomic mass is 16.3. The Balaban J connectivity index is 1.87. The predicted octanol–water partition coefficient (Wildman–Crippen LogP) is 1.53. The van der Waals surface area contributed by atoms with Gasteiger partial charge in [0.05, 0.1) is 16.8 Å². The quantitative estimate of drug-likeness (QED) is 0.872. The molecular weight excluding hydrogens is 226 g/mol. The molecule has 0 radical (unpaired) electrons. The maximum absolute atomic E-state index is 9.99. The minimum Gasteiger partial charge on any atom is -0.389 e. The van der Waals surface area contributed by atoms with Gasteiger partial charge in [-0.15, -0.1) is 0 Å². The Kier molecular flexibility index (Phi) is 2.64. The molecule has 18 heavy (non-hydrogen) atoms. The molecule has 1 fully saturated rings. The van der Waals surface area contributed by atoms with Crippen LogP contribution in [0.25, 0.3) is 10.9 Å². The molecule has 1 saturated heterocycles. The zero-order valence-electron chi connectivity index (χ0n) is 10.9. The van der Waals surface area contributed by atoms with Gasteiger partial charge < -0.3 is 5.11 Å². The molecule has 4 heteroatoms. The molecule has 1 aromatic carbocycles. The minimum atomic E-state index is -0.537. The Labute approximate surface area is 107 Å². The lowest BCUT2D eigenvalue weighted by Gasteiger charge is -2.17. The van der Waals surface area contributed by atoms with E-state index in [0.717, 1.165) is 31.7 Å². The van der Waals surface area contributed by atoms with Gasteiger partial charge in [-0.3, -0.25) is 9.58 Å². The number of rotatable bonds is 2. The van der Waals surface area contributed by atoms with E-state index in [1.807, 2.05) is 30.8 Å². The van der Waals surface area contributed by atoms with Gasteiger partial charge in [-0.2, -0.15) is 5.10 Å². The first-order valence-corrected chi connectivity index (χ1v) is 6.40. The van der Waals surface area contributed by atoms with Crippen molar-refractivity contribution in [1.29, 1.82) is 0 Å². The van der Waals surface area contributed by atoms with Crippen LogP contribution in [0, 0.1) is 0 Å². The van der Waals surface area contributed by atoms with Crippen molar-refractivity contribution in [2.24, 2.45) is 7.05 Å². The van der Waals surface area contributed by atoms with Crippen molar-refractivity contribution >= 4 is 10.9 Å². The summed E-state index contributed by atoms with van der Waals surface area (Å²) >= 11 is 0. The van der Waals surface area contributed by atoms with Gasteiger partial charge >= 0.3 is 0 Å². The third kappa shape index (κ3) is 2.02. The molecule has 0 spiro atoms. The molecule has 1 aromatic heterocycles. The van der Waals surface area contributed by atoms with Gasteiger partial charge in [0.2, 0.25) is 0 Å². The smallest absolute Gasteiger partial charge is 0.0843 e. The summed E-state index contributed by atoms with van der Waals surface area (Å²) in [5, 5.41) is 15.8. The summed E-state index contributed by atoms with van der Waals surface area (Å²) in [6, 6.07) is 8.29. The number of hydrogen-bond donors (Lipinski definition) is 1. The highest BCUT2D eigenvalue weighted by Crippen LogP contribution is 2.24. The van der Waals surface area contributed by atoms with E-state index in [2.05, 4.69) is 22.1 Å². The zero-order valence-corrected chi connectivity index (χ0v) is 10.9. The van der Waals surface area contributed by atoms with E-state index in [0.29, 0.717) is 0 Å². The summed E-state index contributed by atoms with van der Waals surface area (Å²) in [5.41, 5.74) is 1.73. The van der Waals surface area contributed by atoms with E-state index in [1.54, 1.807) is 0 Å². The second-order valence-corrected chi connectivity index (χ2v) is 5.55. The highest BCUT2D eigenvalue weighted by molar-refractivity contribution is 5.81. The normalized spacial score (nSPS) is 25.1. The van der Waals surface area contributed by atoms with Gasteiger partial charge in [0.15, 0.2) is 0 Å². The minimum absolute atomic E-state index is 0.537. The lowest BCUT2D eigenvalue weighted by molar-refractivity contribution is 0.0678. The largest absolute Gasteiger partial charge is 0.389 e. The topological polar surface area (TPSA) is 41.3 Å². The van der Waals surface area contributed by atoms with Crippen LogP contribution in [-0.4, -0.2) is 38.5 Å². The Morgan fingerprint density at radius 1 is 1.39 bits per heavy atom. The fraction of sp³-hybridized carbons (Fsp3) is 0.500. The maximum atomic E-state index is 9.99. The number of aromatic nitrogens is 2. The van der Waals surface area contributed by atoms with Crippen LogP contribution in [0.3, 0.4) is 0 Å². The Bertz CT molecular complexity index is 573. The number of aryl methyl sites for hydroxylation is 1. The van der Waals surface area contributed by atoms with Gasteiger partial charge in [0.1, 0.15) is 0 Å². The number of fused-ring (bicyclic) bond motifs is 1. The standard InChI is InChI=1S/C14H19N3O/c1-14(18)7-8-17(10-14)9-12-11-5-3-4-6-13(11)16(2)15-12/h3-6,18H,7-10H2,1-2H3. The van der Waals surface area contributed by atoms with Gasteiger partial charge in [-0.25, -0.2) is 0 Å². The molecule has 1 aliphatic rings. The molecular formula is C14H19N3O. The van der Waals surface area contributed by atoms with Crippen molar-refractivity contribution in [1.82, 2.24) is 14.7 Å². The third-order valence-corrected chi connectivity index (χ3v) is 3.74. The Hall–Kier alpha value is -1.39. The molecule has 1 aliphatic heterocycles. The molecule has 4 nitrogen and oxygen atoms in total. The van der Waals surface area contributed by atoms with Gasteiger partial charge in [0, 0.05) is 32.1 Å². The van der Waals surface area contributed by atoms with Crippen molar-refractivity contribution in [3.8, 4) is 0 Å². The summed E-state index contributed by atoms with van der Waals surface area (Å²) in [7, 11) is 1.98. The molecule has 3 rings (SSSR count). The second-order valence-electron chi connectivity index (χ2n) is 5.55. The predicted molar refractivity (Wildman–Crippen MR) is 71.2 cm³/mol. The summed E-state index contributed by atoms with van der Waals surface area (Å²) in [6.07, 6.45) is 0.845. The Morgan fingerprint density at radius 3 is 2.89 bits per heavy atom. The van der Waals surface area contributed by atoms with E-state index in [-0.39, 0.29) is 0 Å². The van der Waals surface area contributed by atoms with Gasteiger partial charge in [0.25, 0.3) is 0 Å². The number of benzene rings is 1. The summed E-state index contributed by atoms with van der Waals surface area (Å²) in [6.45, 7) is 4.40. The molecule has 0 amide bonds. The third-order valence-electron chi connectivity index (χ3n) is 3.74. The molecule has 2 aromatic rings. The SMILES string of the molecule is Cn1nc(CN2CCC(C)(O)C2)c2ccccc21. The molecule has 0 aliphatic carbocycles. The summed E-state index contributed by atoms with van der Waals surface area (Å²) in [5.74, 6) is 0. The number of nitrogens with zero attached hydrogens (tertiary/aromatic N) is 3. The van der Waals surface area contributed by atoms with Crippen molar-refractivity contribution in [3.05, 3.63) is 30.0 Å². The van der Waals surface area contributed by atoms with Crippen LogP contribution in [0.2, 0.25) is 0 Å². The zero-order chi connectivity index (χ0) is 12.8. The molecule has 96 valence electrons. The van der Waals surface area contributed by atoms with Crippen molar-refractivity contribution in [3.63, 3.8) is 0 Å². The monoisotopic (exact) mass is 245 g/mol. The van der Waals surface area contributed by atoms with Gasteiger partial charge in [-0.1, -0.05) is 18.2 Å². The number of hydrogen-bond acceptors (Lipinski definition) is 3. The first kappa shape index (κ1) is 11.7. The van der Waals surface area contributed by atoms with E-state index in [4.69, 9.17) is 0 Å². The maximum Gasteiger partial charge on any atom is 0.0843 e. The molecule has 0 saturated carbocycles. The molecule has 1 unspecified atom stereocenters. The number of likely N-dealkylation sites (tertiary alicyclic amines) is 1. The van der Waals surface area contributed by atoms with Crippen LogP contribution in [-0.2, 0) is 13.6 Å². The average Bonchev–Trinajstić information content (AvgIpc) is 2.82. The Morgan fingerprint density at radius 2 is 2.17 bits per heavy atom. The van der Waals surface area contributed by atoms with E-state index in [1.165, 1.54) is 10.9 Å². The fourth-order valence-corrected chi connectivity index (χ4v) is 2.79. The fourth-order valence-electron chi connectivity index (χ4n) is 2.79. The summed E-state index contributed by atoms with van der Waals surface area (Å²) < 4.78 is 1.93. The first-order chi connectivity index (χ1) is 8.55. The summed E-state index contributed by atoms with van der Waals surface area (Å²) in [4.78, 5) is 2.27. The van der Waals surface area contributed by atoms with Crippen LogP contribution in [0.5, 0.6) is 0 Å². The average molecular weight is 245 g/mol.